The molecule has 2 fully saturated rings. The Bertz CT molecular complexity index is 668. The molecule has 0 spiro atoms. The Kier molecular flexibility index (Phi) is 5.36. The van der Waals surface area contributed by atoms with Crippen molar-refractivity contribution in [3.8, 4) is 0 Å². The van der Waals surface area contributed by atoms with Crippen LogP contribution in [0, 0.1) is 0 Å². The molecule has 2 N–H and O–H groups in total. The molecule has 9 heteroatoms. The first-order chi connectivity index (χ1) is 12.3. The Labute approximate surface area is 149 Å². The zero-order valence-electron chi connectivity index (χ0n) is 14.2. The van der Waals surface area contributed by atoms with Gasteiger partial charge in [0.2, 0.25) is 5.91 Å². The van der Waals surface area contributed by atoms with Crippen LogP contribution in [0.15, 0.2) is 24.3 Å². The molecule has 3 amide bonds. The lowest BCUT2D eigenvalue weighted by molar-refractivity contribution is -0.137. The maximum absolute atomic E-state index is 12.8. The molecular weight excluding hydrogens is 349 g/mol. The molecule has 1 aromatic rings. The first kappa shape index (κ1) is 18.5. The highest BCUT2D eigenvalue weighted by Gasteiger charge is 2.31. The molecule has 0 atom stereocenters. The Balaban J connectivity index is 1.46. The van der Waals surface area contributed by atoms with Gasteiger partial charge in [0.1, 0.15) is 0 Å². The van der Waals surface area contributed by atoms with Gasteiger partial charge >= 0.3 is 12.2 Å². The van der Waals surface area contributed by atoms with Crippen molar-refractivity contribution in [1.29, 1.82) is 0 Å². The van der Waals surface area contributed by atoms with E-state index in [0.29, 0.717) is 31.9 Å². The number of halogens is 3. The molecular formula is C17H21F3N4O2. The first-order valence-electron chi connectivity index (χ1n) is 8.56. The molecule has 0 bridgehead atoms. The van der Waals surface area contributed by atoms with Crippen molar-refractivity contribution in [3.05, 3.63) is 29.8 Å². The number of hydrogen-bond donors (Lipinski definition) is 2. The van der Waals surface area contributed by atoms with Crippen LogP contribution in [0.1, 0.15) is 18.4 Å². The number of hydrogen-bond acceptors (Lipinski definition) is 4. The average molecular weight is 370 g/mol. The number of imide groups is 1. The fourth-order valence-electron chi connectivity index (χ4n) is 2.86. The maximum atomic E-state index is 12.8. The fraction of sp³-hybridized carbons (Fsp3) is 0.529. The molecule has 0 unspecified atom stereocenters. The summed E-state index contributed by atoms with van der Waals surface area (Å²) in [6.07, 6.45) is -2.48. The van der Waals surface area contributed by atoms with Crippen LogP contribution in [-0.4, -0.2) is 55.6 Å². The number of nitrogens with zero attached hydrogens (tertiary/aromatic N) is 2. The van der Waals surface area contributed by atoms with Gasteiger partial charge in [-0.05, 0) is 31.0 Å². The van der Waals surface area contributed by atoms with Crippen molar-refractivity contribution in [2.45, 2.75) is 25.1 Å². The Morgan fingerprint density at radius 2 is 1.81 bits per heavy atom. The molecule has 1 aliphatic carbocycles. The number of anilines is 1. The molecule has 1 aliphatic heterocycles. The predicted octanol–water partition coefficient (Wildman–Crippen LogP) is 1.82. The predicted molar refractivity (Wildman–Crippen MR) is 89.8 cm³/mol. The van der Waals surface area contributed by atoms with E-state index in [-0.39, 0.29) is 18.5 Å². The highest BCUT2D eigenvalue weighted by molar-refractivity contribution is 5.95. The van der Waals surface area contributed by atoms with Gasteiger partial charge in [0.05, 0.1) is 12.1 Å². The van der Waals surface area contributed by atoms with Crippen molar-refractivity contribution in [3.63, 3.8) is 0 Å². The molecule has 2 aliphatic rings. The zero-order valence-corrected chi connectivity index (χ0v) is 14.2. The monoisotopic (exact) mass is 370 g/mol. The van der Waals surface area contributed by atoms with Gasteiger partial charge in [-0.1, -0.05) is 6.07 Å². The highest BCUT2D eigenvalue weighted by atomic mass is 19.4. The molecule has 3 rings (SSSR count). The van der Waals surface area contributed by atoms with Crippen LogP contribution < -0.4 is 15.5 Å². The second kappa shape index (κ2) is 7.53. The van der Waals surface area contributed by atoms with Crippen LogP contribution in [0.5, 0.6) is 0 Å². The number of piperazine rings is 1. The lowest BCUT2D eigenvalue weighted by Crippen LogP contribution is -2.51. The van der Waals surface area contributed by atoms with Gasteiger partial charge in [-0.2, -0.15) is 13.2 Å². The molecule has 1 saturated heterocycles. The van der Waals surface area contributed by atoms with Gasteiger partial charge in [-0.15, -0.1) is 0 Å². The lowest BCUT2D eigenvalue weighted by Gasteiger charge is -2.35. The molecule has 0 aromatic heterocycles. The third-order valence-corrected chi connectivity index (χ3v) is 4.44. The van der Waals surface area contributed by atoms with E-state index in [1.165, 1.54) is 6.07 Å². The summed E-state index contributed by atoms with van der Waals surface area (Å²) >= 11 is 0. The number of rotatable bonds is 4. The van der Waals surface area contributed by atoms with Crippen LogP contribution in [0.2, 0.25) is 0 Å². The third-order valence-electron chi connectivity index (χ3n) is 4.44. The lowest BCUT2D eigenvalue weighted by atomic mass is 10.1. The smallest absolute Gasteiger partial charge is 0.369 e. The topological polar surface area (TPSA) is 64.7 Å². The summed E-state index contributed by atoms with van der Waals surface area (Å²) in [5.74, 6) is -0.379. The minimum atomic E-state index is -4.36. The van der Waals surface area contributed by atoms with Gasteiger partial charge in [0.25, 0.3) is 0 Å². The summed E-state index contributed by atoms with van der Waals surface area (Å²) in [6.45, 7) is 2.20. The number of carbonyl (C=O) groups excluding carboxylic acids is 2. The summed E-state index contributed by atoms with van der Waals surface area (Å²) < 4.78 is 38.5. The van der Waals surface area contributed by atoms with E-state index >= 15 is 0 Å². The van der Waals surface area contributed by atoms with Crippen molar-refractivity contribution >= 4 is 17.6 Å². The van der Waals surface area contributed by atoms with Crippen LogP contribution >= 0.6 is 0 Å². The quantitative estimate of drug-likeness (QED) is 0.849. The van der Waals surface area contributed by atoms with E-state index in [2.05, 4.69) is 10.6 Å². The van der Waals surface area contributed by atoms with Gasteiger partial charge < -0.3 is 10.2 Å². The SMILES string of the molecule is O=C(CN1CCN(c2cccc(C(F)(F)F)c2)CC1)NC(=O)NC1CC1. The van der Waals surface area contributed by atoms with Crippen LogP contribution in [0.3, 0.4) is 0 Å². The third kappa shape index (κ3) is 5.10. The summed E-state index contributed by atoms with van der Waals surface area (Å²) in [5.41, 5.74) is -0.147. The minimum absolute atomic E-state index is 0.0918. The number of benzene rings is 1. The Morgan fingerprint density at radius 3 is 2.42 bits per heavy atom. The second-order valence-corrected chi connectivity index (χ2v) is 6.61. The van der Waals surface area contributed by atoms with E-state index in [4.69, 9.17) is 0 Å². The van der Waals surface area contributed by atoms with E-state index in [1.54, 1.807) is 6.07 Å². The van der Waals surface area contributed by atoms with E-state index in [0.717, 1.165) is 25.0 Å². The van der Waals surface area contributed by atoms with Gasteiger partial charge in [0.15, 0.2) is 0 Å². The molecule has 0 radical (unpaired) electrons. The maximum Gasteiger partial charge on any atom is 0.416 e. The normalized spacial score (nSPS) is 18.5. The average Bonchev–Trinajstić information content (AvgIpc) is 3.38. The molecule has 6 nitrogen and oxygen atoms in total. The van der Waals surface area contributed by atoms with Crippen molar-refractivity contribution in [2.75, 3.05) is 37.6 Å². The molecule has 142 valence electrons. The molecule has 1 saturated carbocycles. The number of nitrogens with one attached hydrogen (secondary N) is 2. The van der Waals surface area contributed by atoms with Gasteiger partial charge in [-0.25, -0.2) is 4.79 Å². The summed E-state index contributed by atoms with van der Waals surface area (Å²) in [4.78, 5) is 27.2. The van der Waals surface area contributed by atoms with E-state index in [1.807, 2.05) is 9.80 Å². The van der Waals surface area contributed by atoms with E-state index in [9.17, 15) is 22.8 Å². The first-order valence-corrected chi connectivity index (χ1v) is 8.56. The van der Waals surface area contributed by atoms with Gasteiger partial charge in [0, 0.05) is 37.9 Å². The number of carbonyl (C=O) groups is 2. The largest absolute Gasteiger partial charge is 0.416 e. The zero-order chi connectivity index (χ0) is 18.7. The number of alkyl halides is 3. The van der Waals surface area contributed by atoms with Crippen molar-refractivity contribution in [2.24, 2.45) is 0 Å². The van der Waals surface area contributed by atoms with Gasteiger partial charge in [-0.3, -0.25) is 15.0 Å². The summed E-state index contributed by atoms with van der Waals surface area (Å²) in [6, 6.07) is 4.95. The van der Waals surface area contributed by atoms with Crippen LogP contribution in [0.4, 0.5) is 23.7 Å². The molecule has 26 heavy (non-hydrogen) atoms. The fourth-order valence-corrected chi connectivity index (χ4v) is 2.86. The van der Waals surface area contributed by atoms with E-state index < -0.39 is 17.8 Å². The Morgan fingerprint density at radius 1 is 1.12 bits per heavy atom. The summed E-state index contributed by atoms with van der Waals surface area (Å²) in [5, 5.41) is 4.97. The molecule has 1 aromatic carbocycles. The Hall–Kier alpha value is -2.29. The van der Waals surface area contributed by atoms with Crippen LogP contribution in [0.25, 0.3) is 0 Å². The second-order valence-electron chi connectivity index (χ2n) is 6.61. The highest BCUT2D eigenvalue weighted by Crippen LogP contribution is 2.31. The molecule has 1 heterocycles. The standard InChI is InChI=1S/C17H21F3N4O2/c18-17(19,20)12-2-1-3-14(10-12)24-8-6-23(7-9-24)11-15(25)22-16(26)21-13-4-5-13/h1-3,10,13H,4-9,11H2,(H2,21,22,25,26). The van der Waals surface area contributed by atoms with Crippen molar-refractivity contribution < 1.29 is 22.8 Å². The number of amides is 3. The number of urea groups is 1. The van der Waals surface area contributed by atoms with Crippen LogP contribution in [-0.2, 0) is 11.0 Å². The summed E-state index contributed by atoms with van der Waals surface area (Å²) in [7, 11) is 0. The van der Waals surface area contributed by atoms with Crippen molar-refractivity contribution in [1.82, 2.24) is 15.5 Å². The minimum Gasteiger partial charge on any atom is -0.369 e.